The van der Waals surface area contributed by atoms with Crippen LogP contribution in [0.4, 0.5) is 0 Å². The summed E-state index contributed by atoms with van der Waals surface area (Å²) in [6, 6.07) is -5.12. The van der Waals surface area contributed by atoms with Gasteiger partial charge in [-0.3, -0.25) is 19.4 Å². The fourth-order valence-corrected chi connectivity index (χ4v) is 2.55. The molecule has 0 aliphatic carbocycles. The second kappa shape index (κ2) is 14.2. The van der Waals surface area contributed by atoms with E-state index in [2.05, 4.69) is 20.9 Å². The number of amides is 3. The van der Waals surface area contributed by atoms with Gasteiger partial charge in [0, 0.05) is 6.54 Å². The maximum Gasteiger partial charge on any atom is 0.328 e. The second-order valence-electron chi connectivity index (χ2n) is 7.59. The highest BCUT2D eigenvalue weighted by molar-refractivity contribution is 5.94. The van der Waals surface area contributed by atoms with Gasteiger partial charge in [-0.2, -0.15) is 0 Å². The van der Waals surface area contributed by atoms with Crippen LogP contribution in [0.3, 0.4) is 0 Å². The topological polar surface area (TPSA) is 255 Å². The predicted molar refractivity (Wildman–Crippen MR) is 115 cm³/mol. The van der Waals surface area contributed by atoms with Crippen LogP contribution in [-0.2, 0) is 19.2 Å². The standard InChI is InChI=1S/C18H35N7O7/c1-8(2)12(24-14(28)10(19)7-26)16(30)23-11(5-4-6-22-18(20)21)15(29)25-13(9(3)27)17(31)32/h8-13,26-27H,4-7,19H2,1-3H3,(H,23,30)(H,24,28)(H,25,29)(H,31,32)(H4,20,21,22). The number of aliphatic carboxylic acids is 1. The molecular formula is C18H35N7O7. The van der Waals surface area contributed by atoms with Crippen molar-refractivity contribution in [3.63, 3.8) is 0 Å². The summed E-state index contributed by atoms with van der Waals surface area (Å²) in [6.45, 7) is 4.02. The van der Waals surface area contributed by atoms with Crippen molar-refractivity contribution in [2.75, 3.05) is 13.2 Å². The van der Waals surface area contributed by atoms with Crippen LogP contribution < -0.4 is 33.2 Å². The number of carboxylic acids is 1. The van der Waals surface area contributed by atoms with Crippen molar-refractivity contribution in [3.05, 3.63) is 0 Å². The average molecular weight is 462 g/mol. The van der Waals surface area contributed by atoms with Crippen LogP contribution in [0.2, 0.25) is 0 Å². The molecule has 5 unspecified atom stereocenters. The van der Waals surface area contributed by atoms with E-state index < -0.39 is 66.5 Å². The molecule has 0 radical (unpaired) electrons. The average Bonchev–Trinajstić information content (AvgIpc) is 2.69. The number of hydrogen-bond donors (Lipinski definition) is 9. The van der Waals surface area contributed by atoms with E-state index >= 15 is 0 Å². The molecule has 12 N–H and O–H groups in total. The molecule has 0 saturated heterocycles. The number of rotatable bonds is 14. The molecule has 0 aliphatic heterocycles. The van der Waals surface area contributed by atoms with Crippen LogP contribution in [0.5, 0.6) is 0 Å². The summed E-state index contributed by atoms with van der Waals surface area (Å²) < 4.78 is 0. The molecule has 0 heterocycles. The van der Waals surface area contributed by atoms with Gasteiger partial charge in [-0.25, -0.2) is 4.79 Å². The Morgan fingerprint density at radius 3 is 1.94 bits per heavy atom. The first-order valence-electron chi connectivity index (χ1n) is 10.1. The molecule has 5 atom stereocenters. The molecule has 14 nitrogen and oxygen atoms in total. The number of guanidine groups is 1. The van der Waals surface area contributed by atoms with E-state index in [0.29, 0.717) is 0 Å². The van der Waals surface area contributed by atoms with Crippen molar-refractivity contribution in [2.45, 2.75) is 63.9 Å². The number of nitrogens with zero attached hydrogens (tertiary/aromatic N) is 1. The van der Waals surface area contributed by atoms with Crippen molar-refractivity contribution in [1.29, 1.82) is 0 Å². The van der Waals surface area contributed by atoms with E-state index in [1.54, 1.807) is 13.8 Å². The number of hydrogen-bond acceptors (Lipinski definition) is 8. The van der Waals surface area contributed by atoms with E-state index in [1.807, 2.05) is 0 Å². The van der Waals surface area contributed by atoms with Crippen molar-refractivity contribution < 1.29 is 34.5 Å². The van der Waals surface area contributed by atoms with Crippen LogP contribution in [0.15, 0.2) is 4.99 Å². The van der Waals surface area contributed by atoms with Crippen molar-refractivity contribution in [3.8, 4) is 0 Å². The van der Waals surface area contributed by atoms with Crippen LogP contribution in [0, 0.1) is 5.92 Å². The minimum Gasteiger partial charge on any atom is -0.480 e. The summed E-state index contributed by atoms with van der Waals surface area (Å²) in [5, 5.41) is 34.9. The third-order valence-electron chi connectivity index (χ3n) is 4.40. The maximum atomic E-state index is 12.8. The van der Waals surface area contributed by atoms with E-state index in [-0.39, 0.29) is 25.3 Å². The summed E-state index contributed by atoms with van der Waals surface area (Å²) in [7, 11) is 0. The number of carboxylic acid groups (broad SMARTS) is 1. The molecule has 0 aromatic rings. The SMILES string of the molecule is CC(C)C(NC(=O)C(N)CO)C(=O)NC(CCCN=C(N)N)C(=O)NC(C(=O)O)C(C)O. The minimum atomic E-state index is -1.59. The lowest BCUT2D eigenvalue weighted by molar-refractivity contribution is -0.145. The molecule has 0 aromatic carbocycles. The number of carbonyl (C=O) groups excluding carboxylic acids is 3. The number of nitrogens with two attached hydrogens (primary N) is 3. The lowest BCUT2D eigenvalue weighted by Gasteiger charge is -2.27. The van der Waals surface area contributed by atoms with Crippen molar-refractivity contribution in [2.24, 2.45) is 28.1 Å². The first-order valence-corrected chi connectivity index (χ1v) is 10.1. The van der Waals surface area contributed by atoms with Gasteiger partial charge in [-0.1, -0.05) is 13.8 Å². The van der Waals surface area contributed by atoms with Crippen LogP contribution in [-0.4, -0.2) is 88.4 Å². The third-order valence-corrected chi connectivity index (χ3v) is 4.40. The zero-order valence-electron chi connectivity index (χ0n) is 18.4. The van der Waals surface area contributed by atoms with Crippen molar-refractivity contribution >= 4 is 29.7 Å². The lowest BCUT2D eigenvalue weighted by Crippen LogP contribution is -2.59. The first-order chi connectivity index (χ1) is 14.8. The van der Waals surface area contributed by atoms with E-state index in [0.717, 1.165) is 0 Å². The molecule has 3 amide bonds. The van der Waals surface area contributed by atoms with Gasteiger partial charge < -0.3 is 48.5 Å². The zero-order chi connectivity index (χ0) is 25.0. The fraction of sp³-hybridized carbons (Fsp3) is 0.722. The van der Waals surface area contributed by atoms with Crippen LogP contribution in [0.1, 0.15) is 33.6 Å². The quantitative estimate of drug-likeness (QED) is 0.0686. The third kappa shape index (κ3) is 10.4. The van der Waals surface area contributed by atoms with Gasteiger partial charge in [0.2, 0.25) is 17.7 Å². The van der Waals surface area contributed by atoms with Gasteiger partial charge in [-0.15, -0.1) is 0 Å². The summed E-state index contributed by atoms with van der Waals surface area (Å²) in [4.78, 5) is 52.5. The highest BCUT2D eigenvalue weighted by Crippen LogP contribution is 2.06. The molecule has 0 bridgehead atoms. The van der Waals surface area contributed by atoms with E-state index in [1.165, 1.54) is 6.92 Å². The number of carbonyl (C=O) groups is 4. The molecule has 0 saturated carbocycles. The molecule has 0 fully saturated rings. The number of aliphatic imine (C=N–C) groups is 1. The van der Waals surface area contributed by atoms with Gasteiger partial charge in [0.1, 0.15) is 18.1 Å². The van der Waals surface area contributed by atoms with Gasteiger partial charge in [0.25, 0.3) is 0 Å². The molecule has 0 spiro atoms. The Kier molecular flexibility index (Phi) is 12.8. The van der Waals surface area contributed by atoms with Crippen LogP contribution >= 0.6 is 0 Å². The highest BCUT2D eigenvalue weighted by atomic mass is 16.4. The summed E-state index contributed by atoms with van der Waals surface area (Å²) in [5.74, 6) is -4.33. The Morgan fingerprint density at radius 1 is 0.938 bits per heavy atom. The molecule has 14 heteroatoms. The maximum absolute atomic E-state index is 12.8. The predicted octanol–water partition coefficient (Wildman–Crippen LogP) is -4.06. The number of nitrogens with one attached hydrogen (secondary N) is 3. The number of aliphatic hydroxyl groups excluding tert-OH is 2. The van der Waals surface area contributed by atoms with Gasteiger partial charge >= 0.3 is 5.97 Å². The lowest BCUT2D eigenvalue weighted by atomic mass is 10.0. The Hall–Kier alpha value is -2.97. The summed E-state index contributed by atoms with van der Waals surface area (Å²) in [5.41, 5.74) is 16.0. The number of aliphatic hydroxyl groups is 2. The fourth-order valence-electron chi connectivity index (χ4n) is 2.55. The second-order valence-corrected chi connectivity index (χ2v) is 7.59. The smallest absolute Gasteiger partial charge is 0.328 e. The Morgan fingerprint density at radius 2 is 1.50 bits per heavy atom. The van der Waals surface area contributed by atoms with E-state index in [9.17, 15) is 29.4 Å². The monoisotopic (exact) mass is 461 g/mol. The minimum absolute atomic E-state index is 0.0371. The molecule has 32 heavy (non-hydrogen) atoms. The summed E-state index contributed by atoms with van der Waals surface area (Å²) in [6.07, 6.45) is -1.09. The largest absolute Gasteiger partial charge is 0.480 e. The van der Waals surface area contributed by atoms with Crippen molar-refractivity contribution in [1.82, 2.24) is 16.0 Å². The Balaban J connectivity index is 5.51. The summed E-state index contributed by atoms with van der Waals surface area (Å²) >= 11 is 0. The van der Waals surface area contributed by atoms with Gasteiger partial charge in [0.05, 0.1) is 12.7 Å². The molecule has 0 aliphatic rings. The van der Waals surface area contributed by atoms with E-state index in [4.69, 9.17) is 22.3 Å². The Labute approximate surface area is 186 Å². The zero-order valence-corrected chi connectivity index (χ0v) is 18.4. The van der Waals surface area contributed by atoms with Gasteiger partial charge in [-0.05, 0) is 25.7 Å². The molecular weight excluding hydrogens is 426 g/mol. The van der Waals surface area contributed by atoms with Gasteiger partial charge in [0.15, 0.2) is 12.0 Å². The molecule has 0 aromatic heterocycles. The molecule has 0 rings (SSSR count). The Bertz CT molecular complexity index is 681. The molecule has 184 valence electrons. The normalized spacial score (nSPS) is 15.6. The van der Waals surface area contributed by atoms with Crippen LogP contribution in [0.25, 0.3) is 0 Å². The first kappa shape index (κ1) is 29.0. The highest BCUT2D eigenvalue weighted by Gasteiger charge is 2.32.